The summed E-state index contributed by atoms with van der Waals surface area (Å²) < 4.78 is 5.60. The number of aromatic nitrogens is 1. The molecule has 0 amide bonds. The van der Waals surface area contributed by atoms with E-state index in [-0.39, 0.29) is 23.2 Å². The quantitative estimate of drug-likeness (QED) is 0.538. The van der Waals surface area contributed by atoms with E-state index in [4.69, 9.17) is 16.0 Å². The number of halogens is 1. The number of oxazole rings is 1. The van der Waals surface area contributed by atoms with Crippen LogP contribution in [0.4, 0.5) is 11.6 Å². The summed E-state index contributed by atoms with van der Waals surface area (Å²) in [4.78, 5) is 14.3. The number of anilines is 1. The van der Waals surface area contributed by atoms with Crippen LogP contribution >= 0.6 is 11.6 Å². The maximum atomic E-state index is 10.7. The van der Waals surface area contributed by atoms with Crippen molar-refractivity contribution in [1.82, 2.24) is 4.98 Å². The first kappa shape index (κ1) is 16.5. The summed E-state index contributed by atoms with van der Waals surface area (Å²) in [5.74, 6) is 0.454. The van der Waals surface area contributed by atoms with Gasteiger partial charge in [-0.3, -0.25) is 10.1 Å². The zero-order valence-electron chi connectivity index (χ0n) is 12.8. The number of nitrogens with one attached hydrogen (secondary N) is 1. The molecule has 7 nitrogen and oxygen atoms in total. The number of nitriles is 1. The molecule has 1 heterocycles. The number of nitrogens with zero attached hydrogens (tertiary/aromatic N) is 3. The first-order valence-corrected chi connectivity index (χ1v) is 7.58. The molecule has 0 bridgehead atoms. The van der Waals surface area contributed by atoms with Gasteiger partial charge < -0.3 is 9.73 Å². The van der Waals surface area contributed by atoms with Crippen molar-refractivity contribution in [1.29, 1.82) is 5.26 Å². The summed E-state index contributed by atoms with van der Waals surface area (Å²) in [7, 11) is 0. The second kappa shape index (κ2) is 7.03. The highest BCUT2D eigenvalue weighted by molar-refractivity contribution is 6.30. The van der Waals surface area contributed by atoms with Gasteiger partial charge >= 0.3 is 0 Å². The Morgan fingerprint density at radius 2 is 1.88 bits per heavy atom. The summed E-state index contributed by atoms with van der Waals surface area (Å²) in [6.45, 7) is 0.431. The van der Waals surface area contributed by atoms with Crippen LogP contribution in [0.5, 0.6) is 0 Å². The molecule has 124 valence electrons. The van der Waals surface area contributed by atoms with Gasteiger partial charge in [0.25, 0.3) is 5.69 Å². The van der Waals surface area contributed by atoms with Crippen LogP contribution in [0.3, 0.4) is 0 Å². The van der Waals surface area contributed by atoms with Gasteiger partial charge in [0.05, 0.1) is 4.92 Å². The molecular formula is C17H11ClN4O3. The van der Waals surface area contributed by atoms with Gasteiger partial charge in [-0.25, -0.2) is 0 Å². The van der Waals surface area contributed by atoms with Gasteiger partial charge in [-0.05, 0) is 29.8 Å². The second-order valence-electron chi connectivity index (χ2n) is 5.09. The minimum absolute atomic E-state index is 0.0306. The van der Waals surface area contributed by atoms with Crippen molar-refractivity contribution in [3.63, 3.8) is 0 Å². The molecule has 1 aromatic heterocycles. The highest BCUT2D eigenvalue weighted by Gasteiger charge is 2.15. The molecule has 2 aromatic carbocycles. The second-order valence-corrected chi connectivity index (χ2v) is 5.53. The number of benzene rings is 2. The lowest BCUT2D eigenvalue weighted by Gasteiger charge is -2.03. The molecule has 0 saturated heterocycles. The molecule has 0 aliphatic heterocycles. The van der Waals surface area contributed by atoms with Crippen molar-refractivity contribution in [2.45, 2.75) is 6.54 Å². The van der Waals surface area contributed by atoms with Crippen molar-refractivity contribution in [2.24, 2.45) is 0 Å². The van der Waals surface area contributed by atoms with Crippen molar-refractivity contribution in [2.75, 3.05) is 5.32 Å². The smallest absolute Gasteiger partial charge is 0.269 e. The lowest BCUT2D eigenvalue weighted by atomic mass is 10.2. The Labute approximate surface area is 147 Å². The van der Waals surface area contributed by atoms with Gasteiger partial charge in [-0.15, -0.1) is 0 Å². The van der Waals surface area contributed by atoms with E-state index in [1.165, 1.54) is 24.3 Å². The van der Waals surface area contributed by atoms with E-state index in [1.807, 2.05) is 18.2 Å². The Kier molecular flexibility index (Phi) is 4.64. The van der Waals surface area contributed by atoms with E-state index in [9.17, 15) is 15.4 Å². The van der Waals surface area contributed by atoms with Crippen LogP contribution in [0, 0.1) is 21.4 Å². The lowest BCUT2D eigenvalue weighted by molar-refractivity contribution is -0.384. The average Bonchev–Trinajstić information content (AvgIpc) is 3.04. The molecule has 0 saturated carbocycles. The Hall–Kier alpha value is -3.37. The van der Waals surface area contributed by atoms with Crippen LogP contribution in [0.15, 0.2) is 52.9 Å². The zero-order chi connectivity index (χ0) is 17.8. The summed E-state index contributed by atoms with van der Waals surface area (Å²) in [5.41, 5.74) is 1.59. The molecule has 0 atom stereocenters. The van der Waals surface area contributed by atoms with Crippen LogP contribution in [-0.4, -0.2) is 9.91 Å². The number of non-ortho nitro benzene ring substituents is 1. The van der Waals surface area contributed by atoms with E-state index >= 15 is 0 Å². The van der Waals surface area contributed by atoms with Crippen molar-refractivity contribution < 1.29 is 9.34 Å². The third-order valence-corrected chi connectivity index (χ3v) is 3.68. The number of hydrogen-bond donors (Lipinski definition) is 1. The molecule has 3 aromatic rings. The Balaban J connectivity index is 1.80. The van der Waals surface area contributed by atoms with Gasteiger partial charge in [0.1, 0.15) is 6.07 Å². The maximum Gasteiger partial charge on any atom is 0.269 e. The highest BCUT2D eigenvalue weighted by Crippen LogP contribution is 2.27. The number of rotatable bonds is 5. The fourth-order valence-electron chi connectivity index (χ4n) is 2.15. The van der Waals surface area contributed by atoms with Crippen LogP contribution in [0.25, 0.3) is 11.5 Å². The van der Waals surface area contributed by atoms with Crippen molar-refractivity contribution in [3.05, 3.63) is 74.9 Å². The zero-order valence-corrected chi connectivity index (χ0v) is 13.5. The maximum absolute atomic E-state index is 10.7. The van der Waals surface area contributed by atoms with E-state index in [1.54, 1.807) is 12.1 Å². The monoisotopic (exact) mass is 354 g/mol. The van der Waals surface area contributed by atoms with Crippen LogP contribution in [-0.2, 0) is 6.54 Å². The topological polar surface area (TPSA) is 105 Å². The van der Waals surface area contributed by atoms with Crippen LogP contribution < -0.4 is 5.32 Å². The summed E-state index contributed by atoms with van der Waals surface area (Å²) in [6, 6.07) is 15.0. The Morgan fingerprint density at radius 1 is 1.20 bits per heavy atom. The third kappa shape index (κ3) is 3.76. The summed E-state index contributed by atoms with van der Waals surface area (Å²) in [5, 5.41) is 23.6. The predicted octanol–water partition coefficient (Wildman–Crippen LogP) is 4.39. The molecule has 1 N–H and O–H groups in total. The molecule has 0 aliphatic carbocycles. The number of nitro groups is 1. The predicted molar refractivity (Wildman–Crippen MR) is 92.1 cm³/mol. The largest absolute Gasteiger partial charge is 0.419 e. The minimum Gasteiger partial charge on any atom is -0.419 e. The van der Waals surface area contributed by atoms with E-state index < -0.39 is 4.92 Å². The van der Waals surface area contributed by atoms with Crippen LogP contribution in [0.1, 0.15) is 11.3 Å². The molecule has 25 heavy (non-hydrogen) atoms. The molecule has 0 aliphatic rings. The molecule has 3 rings (SSSR count). The fourth-order valence-corrected chi connectivity index (χ4v) is 2.28. The van der Waals surface area contributed by atoms with Gasteiger partial charge in [0.2, 0.25) is 17.5 Å². The molecular weight excluding hydrogens is 344 g/mol. The normalized spacial score (nSPS) is 10.2. The van der Waals surface area contributed by atoms with Gasteiger partial charge in [0, 0.05) is 29.3 Å². The lowest BCUT2D eigenvalue weighted by Crippen LogP contribution is -1.99. The minimum atomic E-state index is -0.487. The molecule has 8 heteroatoms. The molecule has 0 unspecified atom stereocenters. The van der Waals surface area contributed by atoms with E-state index in [0.717, 1.165) is 5.56 Å². The first-order chi connectivity index (χ1) is 12.1. The Morgan fingerprint density at radius 3 is 2.48 bits per heavy atom. The molecule has 0 radical (unpaired) electrons. The summed E-state index contributed by atoms with van der Waals surface area (Å²) in [6.07, 6.45) is 0. The highest BCUT2D eigenvalue weighted by atomic mass is 35.5. The van der Waals surface area contributed by atoms with Crippen molar-refractivity contribution >= 4 is 23.2 Å². The van der Waals surface area contributed by atoms with Crippen LogP contribution in [0.2, 0.25) is 5.02 Å². The fraction of sp³-hybridized carbons (Fsp3) is 0.0588. The third-order valence-electron chi connectivity index (χ3n) is 3.42. The van der Waals surface area contributed by atoms with Gasteiger partial charge in [0.15, 0.2) is 0 Å². The van der Waals surface area contributed by atoms with Crippen molar-refractivity contribution in [3.8, 4) is 17.5 Å². The first-order valence-electron chi connectivity index (χ1n) is 7.21. The SMILES string of the molecule is N#Cc1nc(-c2ccc([N+](=O)[O-])cc2)oc1NCc1ccc(Cl)cc1. The molecule has 0 spiro atoms. The van der Waals surface area contributed by atoms with E-state index in [0.29, 0.717) is 17.1 Å². The average molecular weight is 355 g/mol. The standard InChI is InChI=1S/C17H11ClN4O3/c18-13-5-1-11(2-6-13)10-20-17-15(9-19)21-16(25-17)12-3-7-14(8-4-12)22(23)24/h1-8,20H,10H2. The number of hydrogen-bond acceptors (Lipinski definition) is 6. The van der Waals surface area contributed by atoms with E-state index in [2.05, 4.69) is 10.3 Å². The Bertz CT molecular complexity index is 944. The molecule has 0 fully saturated rings. The van der Waals surface area contributed by atoms with Gasteiger partial charge in [-0.1, -0.05) is 23.7 Å². The summed E-state index contributed by atoms with van der Waals surface area (Å²) >= 11 is 5.84. The van der Waals surface area contributed by atoms with Gasteiger partial charge in [-0.2, -0.15) is 10.2 Å². The number of nitro benzene ring substituents is 1.